The Balaban J connectivity index is 2.54. The normalized spacial score (nSPS) is 11.6. The lowest BCUT2D eigenvalue weighted by Gasteiger charge is -2.10. The first-order chi connectivity index (χ1) is 8.38. The molecule has 0 saturated carbocycles. The molecule has 3 nitrogen and oxygen atoms in total. The summed E-state index contributed by atoms with van der Waals surface area (Å²) in [6.07, 6.45) is -3.29. The van der Waals surface area contributed by atoms with Crippen LogP contribution in [0.2, 0.25) is 5.28 Å². The van der Waals surface area contributed by atoms with Gasteiger partial charge in [0.2, 0.25) is 5.28 Å². The van der Waals surface area contributed by atoms with Crippen molar-refractivity contribution in [2.24, 2.45) is 0 Å². The molecule has 1 N–H and O–H groups in total. The number of rotatable bonds is 1. The second-order valence-electron chi connectivity index (χ2n) is 3.44. The zero-order valence-corrected chi connectivity index (χ0v) is 9.50. The smallest absolute Gasteiger partial charge is 0.419 e. The highest BCUT2D eigenvalue weighted by molar-refractivity contribution is 6.28. The van der Waals surface area contributed by atoms with E-state index in [9.17, 15) is 18.3 Å². The first-order valence-corrected chi connectivity index (χ1v) is 5.15. The van der Waals surface area contributed by atoms with E-state index in [0.29, 0.717) is 0 Å². The Morgan fingerprint density at radius 1 is 1.17 bits per heavy atom. The second-order valence-corrected chi connectivity index (χ2v) is 3.78. The van der Waals surface area contributed by atoms with E-state index < -0.39 is 17.5 Å². The van der Waals surface area contributed by atoms with Gasteiger partial charge in [-0.25, -0.2) is 9.97 Å². The largest absolute Gasteiger partial charge is 0.507 e. The molecule has 1 aromatic carbocycles. The molecule has 7 heteroatoms. The van der Waals surface area contributed by atoms with Gasteiger partial charge in [-0.05, 0) is 35.9 Å². The maximum atomic E-state index is 12.6. The summed E-state index contributed by atoms with van der Waals surface area (Å²) >= 11 is 5.56. The topological polar surface area (TPSA) is 46.0 Å². The molecule has 0 aliphatic carbocycles. The lowest BCUT2D eigenvalue weighted by Crippen LogP contribution is -2.05. The average molecular weight is 275 g/mol. The highest BCUT2D eigenvalue weighted by Crippen LogP contribution is 2.37. The van der Waals surface area contributed by atoms with Gasteiger partial charge in [0.25, 0.3) is 0 Å². The van der Waals surface area contributed by atoms with Crippen molar-refractivity contribution in [3.05, 3.63) is 41.3 Å². The molecule has 0 atom stereocenters. The molecule has 0 fully saturated rings. The van der Waals surface area contributed by atoms with Gasteiger partial charge in [0.05, 0.1) is 11.3 Å². The first-order valence-electron chi connectivity index (χ1n) is 4.77. The van der Waals surface area contributed by atoms with E-state index >= 15 is 0 Å². The Kier molecular flexibility index (Phi) is 3.13. The van der Waals surface area contributed by atoms with Crippen LogP contribution in [0.1, 0.15) is 5.56 Å². The third-order valence-electron chi connectivity index (χ3n) is 2.22. The third-order valence-corrected chi connectivity index (χ3v) is 2.41. The van der Waals surface area contributed by atoms with Gasteiger partial charge in [0.1, 0.15) is 5.75 Å². The van der Waals surface area contributed by atoms with Gasteiger partial charge >= 0.3 is 6.18 Å². The lowest BCUT2D eigenvalue weighted by atomic mass is 10.1. The summed E-state index contributed by atoms with van der Waals surface area (Å²) in [7, 11) is 0. The van der Waals surface area contributed by atoms with Gasteiger partial charge in [-0.3, -0.25) is 0 Å². The number of aromatic hydroxyl groups is 1. The van der Waals surface area contributed by atoms with E-state index in [1.54, 1.807) is 0 Å². The van der Waals surface area contributed by atoms with Crippen molar-refractivity contribution in [2.45, 2.75) is 6.18 Å². The predicted octanol–water partition coefficient (Wildman–Crippen LogP) is 3.52. The van der Waals surface area contributed by atoms with Crippen LogP contribution in [-0.2, 0) is 6.18 Å². The van der Waals surface area contributed by atoms with Crippen LogP contribution in [-0.4, -0.2) is 15.1 Å². The van der Waals surface area contributed by atoms with E-state index in [4.69, 9.17) is 11.6 Å². The van der Waals surface area contributed by atoms with Crippen LogP contribution < -0.4 is 0 Å². The van der Waals surface area contributed by atoms with Crippen LogP contribution >= 0.6 is 11.6 Å². The molecule has 0 unspecified atom stereocenters. The zero-order chi connectivity index (χ0) is 13.3. The van der Waals surface area contributed by atoms with Crippen molar-refractivity contribution in [2.75, 3.05) is 0 Å². The minimum Gasteiger partial charge on any atom is -0.507 e. The SMILES string of the molecule is Oc1ccc(-c2ccnc(Cl)n2)cc1C(F)(F)F. The Morgan fingerprint density at radius 3 is 2.50 bits per heavy atom. The van der Waals surface area contributed by atoms with Crippen LogP contribution in [0, 0.1) is 0 Å². The number of alkyl halides is 3. The summed E-state index contributed by atoms with van der Waals surface area (Å²) in [4.78, 5) is 7.44. The molecule has 2 rings (SSSR count). The molecule has 0 bridgehead atoms. The third kappa shape index (κ3) is 2.53. The Bertz CT molecular complexity index is 587. The summed E-state index contributed by atoms with van der Waals surface area (Å²) in [6, 6.07) is 4.53. The zero-order valence-electron chi connectivity index (χ0n) is 8.74. The van der Waals surface area contributed by atoms with E-state index in [0.717, 1.165) is 12.1 Å². The summed E-state index contributed by atoms with van der Waals surface area (Å²) < 4.78 is 37.8. The molecule has 1 aromatic heterocycles. The molecule has 1 heterocycles. The molecule has 18 heavy (non-hydrogen) atoms. The van der Waals surface area contributed by atoms with Gasteiger partial charge in [0, 0.05) is 11.8 Å². The minimum atomic E-state index is -4.63. The summed E-state index contributed by atoms with van der Waals surface area (Å²) in [5.74, 6) is -0.827. The summed E-state index contributed by atoms with van der Waals surface area (Å²) in [5.41, 5.74) is -0.667. The standard InChI is InChI=1S/C11H6ClF3N2O/c12-10-16-4-3-8(17-10)6-1-2-9(18)7(5-6)11(13,14)15/h1-5,18H. The number of phenols is 1. The molecule has 0 radical (unpaired) electrons. The Hall–Kier alpha value is -1.82. The van der Waals surface area contributed by atoms with Crippen LogP contribution in [0.25, 0.3) is 11.3 Å². The highest BCUT2D eigenvalue weighted by atomic mass is 35.5. The molecule has 0 amide bonds. The van der Waals surface area contributed by atoms with E-state index in [1.807, 2.05) is 0 Å². The van der Waals surface area contributed by atoms with E-state index in [-0.39, 0.29) is 16.5 Å². The van der Waals surface area contributed by atoms with E-state index in [2.05, 4.69) is 9.97 Å². The fourth-order valence-electron chi connectivity index (χ4n) is 1.42. The van der Waals surface area contributed by atoms with Gasteiger partial charge in [0.15, 0.2) is 0 Å². The molecule has 0 aliphatic heterocycles. The Labute approximate surface area is 105 Å². The Morgan fingerprint density at radius 2 is 1.89 bits per heavy atom. The summed E-state index contributed by atoms with van der Waals surface area (Å²) in [6.45, 7) is 0. The van der Waals surface area contributed by atoms with Crippen molar-refractivity contribution in [1.82, 2.24) is 9.97 Å². The van der Waals surface area contributed by atoms with Crippen LogP contribution in [0.4, 0.5) is 13.2 Å². The van der Waals surface area contributed by atoms with Crippen molar-refractivity contribution < 1.29 is 18.3 Å². The van der Waals surface area contributed by atoms with Gasteiger partial charge in [-0.15, -0.1) is 0 Å². The van der Waals surface area contributed by atoms with Crippen molar-refractivity contribution in [3.8, 4) is 17.0 Å². The maximum absolute atomic E-state index is 12.6. The molecule has 0 saturated heterocycles. The number of benzene rings is 1. The van der Waals surface area contributed by atoms with Crippen molar-refractivity contribution in [1.29, 1.82) is 0 Å². The van der Waals surface area contributed by atoms with E-state index in [1.165, 1.54) is 18.3 Å². The van der Waals surface area contributed by atoms with Gasteiger partial charge in [-0.1, -0.05) is 0 Å². The molecule has 0 spiro atoms. The molecule has 94 valence electrons. The second kappa shape index (κ2) is 4.45. The number of hydrogen-bond donors (Lipinski definition) is 1. The fourth-order valence-corrected chi connectivity index (χ4v) is 1.57. The summed E-state index contributed by atoms with van der Waals surface area (Å²) in [5, 5.41) is 9.13. The van der Waals surface area contributed by atoms with Crippen molar-refractivity contribution >= 4 is 11.6 Å². The maximum Gasteiger partial charge on any atom is 0.419 e. The monoisotopic (exact) mass is 274 g/mol. The molecular weight excluding hydrogens is 269 g/mol. The molecular formula is C11H6ClF3N2O. The highest BCUT2D eigenvalue weighted by Gasteiger charge is 2.34. The average Bonchev–Trinajstić information content (AvgIpc) is 2.28. The van der Waals surface area contributed by atoms with Gasteiger partial charge < -0.3 is 5.11 Å². The first kappa shape index (κ1) is 12.6. The molecule has 0 aliphatic rings. The number of hydrogen-bond acceptors (Lipinski definition) is 3. The van der Waals surface area contributed by atoms with Crippen LogP contribution in [0.3, 0.4) is 0 Å². The van der Waals surface area contributed by atoms with Crippen molar-refractivity contribution in [3.63, 3.8) is 0 Å². The lowest BCUT2D eigenvalue weighted by molar-refractivity contribution is -0.138. The van der Waals surface area contributed by atoms with Gasteiger partial charge in [-0.2, -0.15) is 13.2 Å². The van der Waals surface area contributed by atoms with Crippen LogP contribution in [0.15, 0.2) is 30.5 Å². The molecule has 2 aromatic rings. The minimum absolute atomic E-state index is 0.0610. The number of halogens is 4. The number of phenolic OH excluding ortho intramolecular Hbond substituents is 1. The predicted molar refractivity (Wildman–Crippen MR) is 59.1 cm³/mol. The number of aromatic nitrogens is 2. The fraction of sp³-hybridized carbons (Fsp3) is 0.0909. The van der Waals surface area contributed by atoms with Crippen LogP contribution in [0.5, 0.6) is 5.75 Å². The quantitative estimate of drug-likeness (QED) is 0.809. The number of nitrogens with zero attached hydrogens (tertiary/aromatic N) is 2.